The summed E-state index contributed by atoms with van der Waals surface area (Å²) in [6.45, 7) is 3.94. The zero-order valence-electron chi connectivity index (χ0n) is 21.9. The molecule has 0 heterocycles. The molecule has 6 atom stereocenters. The molecule has 0 radical (unpaired) electrons. The SMILES string of the molecule is CC(Cl)[C@]1(C(=O)NC(=O)C(Cl)(Cl)Cl)CC[C@H]2[C@@H]3CCC4=CC(=O)CCC4=C3[C@@H](c3ccc(C=O)cc3)C[C@@]21C. The number of allylic oxidation sites excluding steroid dienone is 4. The van der Waals surface area contributed by atoms with Crippen molar-refractivity contribution in [2.45, 2.75) is 73.9 Å². The number of hydrogen-bond acceptors (Lipinski definition) is 4. The fourth-order valence-corrected chi connectivity index (χ4v) is 8.92. The Hall–Kier alpha value is -1.66. The van der Waals surface area contributed by atoms with Gasteiger partial charge in [0.05, 0.1) is 5.41 Å². The molecule has 9 heteroatoms. The van der Waals surface area contributed by atoms with Crippen LogP contribution in [0.25, 0.3) is 0 Å². The third-order valence-corrected chi connectivity index (χ3v) is 10.9. The van der Waals surface area contributed by atoms with Crippen molar-refractivity contribution in [1.29, 1.82) is 0 Å². The van der Waals surface area contributed by atoms with E-state index in [4.69, 9.17) is 46.4 Å². The molecule has 1 unspecified atom stereocenters. The maximum atomic E-state index is 14.0. The Morgan fingerprint density at radius 3 is 2.41 bits per heavy atom. The summed E-state index contributed by atoms with van der Waals surface area (Å²) < 4.78 is -2.27. The molecule has 2 fully saturated rings. The fourth-order valence-electron chi connectivity index (χ4n) is 8.32. The van der Waals surface area contributed by atoms with Crippen LogP contribution in [0, 0.1) is 22.7 Å². The highest BCUT2D eigenvalue weighted by molar-refractivity contribution is 6.76. The summed E-state index contributed by atoms with van der Waals surface area (Å²) in [4.78, 5) is 50.2. The zero-order valence-corrected chi connectivity index (χ0v) is 24.9. The summed E-state index contributed by atoms with van der Waals surface area (Å²) in [5.41, 5.74) is 3.79. The Labute approximate surface area is 248 Å². The van der Waals surface area contributed by atoms with Crippen molar-refractivity contribution < 1.29 is 19.2 Å². The van der Waals surface area contributed by atoms with E-state index in [2.05, 4.69) is 12.2 Å². The van der Waals surface area contributed by atoms with Gasteiger partial charge in [-0.3, -0.25) is 24.5 Å². The molecule has 5 nitrogen and oxygen atoms in total. The van der Waals surface area contributed by atoms with Gasteiger partial charge >= 0.3 is 0 Å². The zero-order chi connectivity index (χ0) is 28.3. The number of imide groups is 1. The minimum absolute atomic E-state index is 0.0339. The second kappa shape index (κ2) is 10.3. The normalized spacial score (nSPS) is 32.9. The third-order valence-electron chi connectivity index (χ3n) is 10.0. The van der Waals surface area contributed by atoms with Crippen LogP contribution in [-0.4, -0.2) is 33.1 Å². The van der Waals surface area contributed by atoms with Gasteiger partial charge in [-0.2, -0.15) is 0 Å². The predicted molar refractivity (Wildman–Crippen MR) is 153 cm³/mol. The highest BCUT2D eigenvalue weighted by Crippen LogP contribution is 2.71. The van der Waals surface area contributed by atoms with Gasteiger partial charge < -0.3 is 0 Å². The molecular formula is C30H31Cl4NO4. The van der Waals surface area contributed by atoms with E-state index in [1.54, 1.807) is 0 Å². The number of fused-ring (bicyclic) bond motifs is 4. The second-order valence-electron chi connectivity index (χ2n) is 11.7. The lowest BCUT2D eigenvalue weighted by Crippen LogP contribution is -2.59. The maximum absolute atomic E-state index is 14.0. The molecule has 0 aromatic heterocycles. The molecule has 5 rings (SSSR count). The summed E-state index contributed by atoms with van der Waals surface area (Å²) in [5.74, 6) is -0.995. The summed E-state index contributed by atoms with van der Waals surface area (Å²) in [5, 5.41) is 1.79. The molecule has 208 valence electrons. The van der Waals surface area contributed by atoms with Crippen LogP contribution in [-0.2, 0) is 14.4 Å². The number of ketones is 1. The van der Waals surface area contributed by atoms with E-state index < -0.39 is 31.8 Å². The number of nitrogens with one attached hydrogen (secondary N) is 1. The summed E-state index contributed by atoms with van der Waals surface area (Å²) in [6.07, 6.45) is 7.47. The predicted octanol–water partition coefficient (Wildman–Crippen LogP) is 7.03. The van der Waals surface area contributed by atoms with Crippen molar-refractivity contribution >= 4 is 70.3 Å². The van der Waals surface area contributed by atoms with Crippen LogP contribution >= 0.6 is 46.4 Å². The largest absolute Gasteiger partial charge is 0.298 e. The van der Waals surface area contributed by atoms with Gasteiger partial charge in [-0.05, 0) is 85.5 Å². The van der Waals surface area contributed by atoms with E-state index in [1.807, 2.05) is 37.3 Å². The quantitative estimate of drug-likeness (QED) is 0.293. The highest BCUT2D eigenvalue weighted by atomic mass is 35.6. The first-order valence-corrected chi connectivity index (χ1v) is 15.0. The van der Waals surface area contributed by atoms with Crippen molar-refractivity contribution in [3.05, 3.63) is 58.2 Å². The summed E-state index contributed by atoms with van der Waals surface area (Å²) in [6, 6.07) is 7.61. The molecule has 0 aliphatic heterocycles. The minimum atomic E-state index is -2.27. The van der Waals surface area contributed by atoms with E-state index >= 15 is 0 Å². The Morgan fingerprint density at radius 2 is 1.79 bits per heavy atom. The Balaban J connectivity index is 1.65. The minimum Gasteiger partial charge on any atom is -0.298 e. The molecule has 4 aliphatic carbocycles. The molecular weight excluding hydrogens is 580 g/mol. The van der Waals surface area contributed by atoms with Crippen LogP contribution in [0.15, 0.2) is 47.1 Å². The first-order valence-electron chi connectivity index (χ1n) is 13.4. The second-order valence-corrected chi connectivity index (χ2v) is 14.6. The Kier molecular flexibility index (Phi) is 7.63. The van der Waals surface area contributed by atoms with Crippen LogP contribution in [0.4, 0.5) is 0 Å². The standard InChI is InChI=1S/C30H31Cl4NO4/c1-16(31)29(26(38)35-27(39)30(32,33)34)12-11-24-22-9-7-19-13-20(37)8-10-21(19)25(22)23(14-28(24,29)2)18-5-3-17(15-36)4-6-18/h3-6,13,15-16,22-24H,7-12,14H2,1-2H3,(H,35,38,39)/t16?,22-,23+,24-,28-,29-/m0/s1. The number of rotatable bonds is 4. The summed E-state index contributed by atoms with van der Waals surface area (Å²) >= 11 is 24.3. The van der Waals surface area contributed by atoms with Gasteiger partial charge in [0.2, 0.25) is 5.91 Å². The lowest BCUT2D eigenvalue weighted by atomic mass is 9.48. The molecule has 0 spiro atoms. The van der Waals surface area contributed by atoms with Crippen molar-refractivity contribution in [3.8, 4) is 0 Å². The molecule has 0 bridgehead atoms. The van der Waals surface area contributed by atoms with E-state index in [9.17, 15) is 19.2 Å². The number of aldehydes is 1. The summed E-state index contributed by atoms with van der Waals surface area (Å²) in [7, 11) is 0. The first-order chi connectivity index (χ1) is 18.3. The van der Waals surface area contributed by atoms with Gasteiger partial charge in [0.15, 0.2) is 5.78 Å². The van der Waals surface area contributed by atoms with Crippen molar-refractivity contribution in [2.24, 2.45) is 22.7 Å². The lowest BCUT2D eigenvalue weighted by molar-refractivity contribution is -0.144. The first kappa shape index (κ1) is 28.9. The number of carbonyl (C=O) groups excluding carboxylic acids is 4. The third kappa shape index (κ3) is 4.62. The molecule has 4 aliphatic rings. The number of halogens is 4. The van der Waals surface area contributed by atoms with Gasteiger partial charge in [-0.1, -0.05) is 71.6 Å². The van der Waals surface area contributed by atoms with Crippen LogP contribution in [0.1, 0.15) is 80.6 Å². The van der Waals surface area contributed by atoms with E-state index in [0.29, 0.717) is 24.8 Å². The fraction of sp³-hybridized carbons (Fsp3) is 0.533. The van der Waals surface area contributed by atoms with Gasteiger partial charge in [0, 0.05) is 23.3 Å². The van der Waals surface area contributed by atoms with E-state index in [1.165, 1.54) is 11.1 Å². The van der Waals surface area contributed by atoms with Gasteiger partial charge in [-0.25, -0.2) is 0 Å². The number of hydrogen-bond donors (Lipinski definition) is 1. The van der Waals surface area contributed by atoms with E-state index in [-0.39, 0.29) is 23.5 Å². The van der Waals surface area contributed by atoms with Gasteiger partial charge in [0.1, 0.15) is 6.29 Å². The van der Waals surface area contributed by atoms with Crippen molar-refractivity contribution in [3.63, 3.8) is 0 Å². The van der Waals surface area contributed by atoms with Crippen LogP contribution in [0.5, 0.6) is 0 Å². The molecule has 1 N–H and O–H groups in total. The van der Waals surface area contributed by atoms with Crippen LogP contribution in [0.3, 0.4) is 0 Å². The molecule has 1 aromatic rings. The number of alkyl halides is 4. The van der Waals surface area contributed by atoms with Gasteiger partial charge in [0.25, 0.3) is 9.70 Å². The monoisotopic (exact) mass is 609 g/mol. The van der Waals surface area contributed by atoms with Gasteiger partial charge in [-0.15, -0.1) is 11.6 Å². The average Bonchev–Trinajstić information content (AvgIpc) is 3.21. The number of amides is 2. The highest BCUT2D eigenvalue weighted by Gasteiger charge is 2.68. The number of benzene rings is 1. The van der Waals surface area contributed by atoms with E-state index in [0.717, 1.165) is 43.1 Å². The Bertz CT molecular complexity index is 1290. The molecule has 2 saturated carbocycles. The molecule has 39 heavy (non-hydrogen) atoms. The molecule has 2 amide bonds. The smallest absolute Gasteiger partial charge is 0.278 e. The van der Waals surface area contributed by atoms with Crippen LogP contribution < -0.4 is 5.32 Å². The van der Waals surface area contributed by atoms with Crippen molar-refractivity contribution in [1.82, 2.24) is 5.32 Å². The van der Waals surface area contributed by atoms with Crippen molar-refractivity contribution in [2.75, 3.05) is 0 Å². The maximum Gasteiger partial charge on any atom is 0.278 e. The number of carbonyl (C=O) groups is 4. The topological polar surface area (TPSA) is 80.3 Å². The lowest BCUT2D eigenvalue weighted by Gasteiger charge is -2.56. The molecule has 1 aromatic carbocycles. The molecule has 0 saturated heterocycles. The average molecular weight is 611 g/mol. The Morgan fingerprint density at radius 1 is 1.10 bits per heavy atom. The van der Waals surface area contributed by atoms with Crippen LogP contribution in [0.2, 0.25) is 0 Å².